The molecule has 13 heavy (non-hydrogen) atoms. The van der Waals surface area contributed by atoms with E-state index in [0.29, 0.717) is 12.2 Å². The van der Waals surface area contributed by atoms with Crippen LogP contribution in [-0.2, 0) is 0 Å². The van der Waals surface area contributed by atoms with E-state index in [0.717, 1.165) is 8.95 Å². The molecule has 0 fully saturated rings. The van der Waals surface area contributed by atoms with Gasteiger partial charge in [0.1, 0.15) is 5.75 Å². The fourth-order valence-corrected chi connectivity index (χ4v) is 1.94. The zero-order valence-corrected chi connectivity index (χ0v) is 10.3. The van der Waals surface area contributed by atoms with Gasteiger partial charge in [0.2, 0.25) is 0 Å². The van der Waals surface area contributed by atoms with Gasteiger partial charge >= 0.3 is 0 Å². The van der Waals surface area contributed by atoms with Crippen molar-refractivity contribution in [2.24, 2.45) is 0 Å². The first-order valence-corrected chi connectivity index (χ1v) is 5.52. The average molecular weight is 310 g/mol. The van der Waals surface area contributed by atoms with Crippen molar-refractivity contribution in [1.82, 2.24) is 0 Å². The molecule has 0 spiro atoms. The Hall–Kier alpha value is -0.0600. The van der Waals surface area contributed by atoms with Gasteiger partial charge in [-0.3, -0.25) is 0 Å². The molecule has 0 aliphatic rings. The maximum absolute atomic E-state index is 9.25. The van der Waals surface area contributed by atoms with Crippen LogP contribution in [-0.4, -0.2) is 11.4 Å². The zero-order valence-electron chi connectivity index (χ0n) is 7.13. The first kappa shape index (κ1) is 11.0. The second-order valence-corrected chi connectivity index (χ2v) is 4.33. The molecule has 0 aliphatic heterocycles. The molecule has 1 rings (SSSR count). The van der Waals surface area contributed by atoms with Crippen molar-refractivity contribution < 1.29 is 9.84 Å². The molecule has 1 N–H and O–H groups in total. The lowest BCUT2D eigenvalue weighted by Crippen LogP contribution is -2.13. The monoisotopic (exact) mass is 308 g/mol. The topological polar surface area (TPSA) is 29.5 Å². The Morgan fingerprint density at radius 3 is 2.69 bits per heavy atom. The number of hydrogen-bond donors (Lipinski definition) is 1. The van der Waals surface area contributed by atoms with Gasteiger partial charge < -0.3 is 9.84 Å². The van der Waals surface area contributed by atoms with Crippen LogP contribution in [0.2, 0.25) is 0 Å². The van der Waals surface area contributed by atoms with Gasteiger partial charge in [-0.2, -0.15) is 0 Å². The van der Waals surface area contributed by atoms with Crippen LogP contribution in [0.25, 0.3) is 0 Å². The van der Waals surface area contributed by atoms with Crippen molar-refractivity contribution in [1.29, 1.82) is 0 Å². The highest BCUT2D eigenvalue weighted by Gasteiger charge is 2.06. The molecule has 1 unspecified atom stereocenters. The number of aliphatic hydroxyl groups excluding tert-OH is 1. The van der Waals surface area contributed by atoms with Gasteiger partial charge in [0.15, 0.2) is 6.29 Å². The standard InChI is InChI=1S/C9H10Br2O2/c1-2-9(12)13-8-4-3-6(10)5-7(8)11/h3-5,9,12H,2H2,1H3. The van der Waals surface area contributed by atoms with E-state index in [1.165, 1.54) is 0 Å². The predicted molar refractivity (Wildman–Crippen MR) is 58.8 cm³/mol. The zero-order chi connectivity index (χ0) is 9.84. The van der Waals surface area contributed by atoms with Crippen LogP contribution >= 0.6 is 31.9 Å². The maximum atomic E-state index is 9.25. The van der Waals surface area contributed by atoms with Gasteiger partial charge in [-0.15, -0.1) is 0 Å². The third kappa shape index (κ3) is 3.29. The molecule has 0 radical (unpaired) electrons. The molecule has 4 heteroatoms. The summed E-state index contributed by atoms with van der Waals surface area (Å²) in [5, 5.41) is 9.25. The number of hydrogen-bond acceptors (Lipinski definition) is 2. The van der Waals surface area contributed by atoms with Gasteiger partial charge in [-0.05, 0) is 34.1 Å². The van der Waals surface area contributed by atoms with E-state index in [9.17, 15) is 5.11 Å². The van der Waals surface area contributed by atoms with Crippen LogP contribution in [0.1, 0.15) is 13.3 Å². The van der Waals surface area contributed by atoms with Gasteiger partial charge in [0, 0.05) is 10.9 Å². The smallest absolute Gasteiger partial charge is 0.197 e. The summed E-state index contributed by atoms with van der Waals surface area (Å²) in [6.45, 7) is 1.86. The summed E-state index contributed by atoms with van der Waals surface area (Å²) >= 11 is 6.67. The lowest BCUT2D eigenvalue weighted by molar-refractivity contribution is -0.0196. The lowest BCUT2D eigenvalue weighted by atomic mass is 10.3. The van der Waals surface area contributed by atoms with Gasteiger partial charge in [-0.1, -0.05) is 22.9 Å². The van der Waals surface area contributed by atoms with Gasteiger partial charge in [0.05, 0.1) is 4.47 Å². The molecular weight excluding hydrogens is 300 g/mol. The van der Waals surface area contributed by atoms with E-state index in [-0.39, 0.29) is 0 Å². The van der Waals surface area contributed by atoms with Crippen molar-refractivity contribution in [3.8, 4) is 5.75 Å². The fourth-order valence-electron chi connectivity index (χ4n) is 0.801. The average Bonchev–Trinajstić information content (AvgIpc) is 2.09. The minimum absolute atomic E-state index is 0.572. The highest BCUT2D eigenvalue weighted by molar-refractivity contribution is 9.11. The Labute approximate surface area is 94.2 Å². The Kier molecular flexibility index (Phi) is 4.22. The van der Waals surface area contributed by atoms with E-state index in [2.05, 4.69) is 31.9 Å². The Bertz CT molecular complexity index is 289. The van der Waals surface area contributed by atoms with Crippen LogP contribution in [0.15, 0.2) is 27.1 Å². The molecule has 0 amide bonds. The summed E-state index contributed by atoms with van der Waals surface area (Å²) in [5.41, 5.74) is 0. The summed E-state index contributed by atoms with van der Waals surface area (Å²) in [6, 6.07) is 5.53. The van der Waals surface area contributed by atoms with Crippen LogP contribution in [0.5, 0.6) is 5.75 Å². The molecule has 1 aromatic rings. The largest absolute Gasteiger partial charge is 0.464 e. The van der Waals surface area contributed by atoms with Crippen LogP contribution < -0.4 is 4.74 Å². The highest BCUT2D eigenvalue weighted by Crippen LogP contribution is 2.28. The molecule has 2 nitrogen and oxygen atoms in total. The van der Waals surface area contributed by atoms with Crippen LogP contribution in [0.4, 0.5) is 0 Å². The van der Waals surface area contributed by atoms with E-state index in [1.807, 2.05) is 19.1 Å². The number of aliphatic hydroxyl groups is 1. The Balaban J connectivity index is 2.77. The quantitative estimate of drug-likeness (QED) is 0.868. The Morgan fingerprint density at radius 2 is 2.15 bits per heavy atom. The molecule has 0 aliphatic carbocycles. The molecule has 0 saturated carbocycles. The second kappa shape index (κ2) is 4.98. The maximum Gasteiger partial charge on any atom is 0.197 e. The molecule has 1 atom stereocenters. The van der Waals surface area contributed by atoms with Crippen molar-refractivity contribution in [3.05, 3.63) is 27.1 Å². The number of halogens is 2. The number of rotatable bonds is 3. The van der Waals surface area contributed by atoms with E-state index in [1.54, 1.807) is 6.07 Å². The van der Waals surface area contributed by atoms with Crippen molar-refractivity contribution >= 4 is 31.9 Å². The summed E-state index contributed by atoms with van der Waals surface area (Å²) in [7, 11) is 0. The summed E-state index contributed by atoms with van der Waals surface area (Å²) in [5.74, 6) is 0.651. The second-order valence-electron chi connectivity index (χ2n) is 2.56. The van der Waals surface area contributed by atoms with E-state index in [4.69, 9.17) is 4.74 Å². The minimum atomic E-state index is -0.738. The molecule has 0 bridgehead atoms. The molecule has 0 saturated heterocycles. The molecule has 1 aromatic carbocycles. The van der Waals surface area contributed by atoms with Crippen molar-refractivity contribution in [2.75, 3.05) is 0 Å². The molecule has 0 heterocycles. The van der Waals surface area contributed by atoms with Gasteiger partial charge in [-0.25, -0.2) is 0 Å². The number of ether oxygens (including phenoxy) is 1. The molecule has 0 aromatic heterocycles. The van der Waals surface area contributed by atoms with Crippen molar-refractivity contribution in [2.45, 2.75) is 19.6 Å². The highest BCUT2D eigenvalue weighted by atomic mass is 79.9. The first-order valence-electron chi connectivity index (χ1n) is 3.93. The third-order valence-electron chi connectivity index (χ3n) is 1.51. The number of benzene rings is 1. The SMILES string of the molecule is CCC(O)Oc1ccc(Br)cc1Br. The van der Waals surface area contributed by atoms with Crippen LogP contribution in [0.3, 0.4) is 0 Å². The lowest BCUT2D eigenvalue weighted by Gasteiger charge is -2.12. The van der Waals surface area contributed by atoms with Crippen molar-refractivity contribution in [3.63, 3.8) is 0 Å². The van der Waals surface area contributed by atoms with Gasteiger partial charge in [0.25, 0.3) is 0 Å². The van der Waals surface area contributed by atoms with Crippen LogP contribution in [0, 0.1) is 0 Å². The van der Waals surface area contributed by atoms with E-state index < -0.39 is 6.29 Å². The summed E-state index contributed by atoms with van der Waals surface area (Å²) < 4.78 is 7.04. The summed E-state index contributed by atoms with van der Waals surface area (Å²) in [6.07, 6.45) is -0.167. The van der Waals surface area contributed by atoms with E-state index >= 15 is 0 Å². The minimum Gasteiger partial charge on any atom is -0.464 e. The summed E-state index contributed by atoms with van der Waals surface area (Å²) in [4.78, 5) is 0. The fraction of sp³-hybridized carbons (Fsp3) is 0.333. The predicted octanol–water partition coefficient (Wildman–Crippen LogP) is 3.32. The Morgan fingerprint density at radius 1 is 1.46 bits per heavy atom. The first-order chi connectivity index (χ1) is 6.13. The third-order valence-corrected chi connectivity index (χ3v) is 2.62. The normalized spacial score (nSPS) is 12.6. The molecule has 72 valence electrons. The molecular formula is C9H10Br2O2.